The number of carboxylic acid groups (broad SMARTS) is 1. The first kappa shape index (κ1) is 13.8. The van der Waals surface area contributed by atoms with Gasteiger partial charge in [-0.05, 0) is 17.7 Å². The van der Waals surface area contributed by atoms with Gasteiger partial charge in [0.25, 0.3) is 0 Å². The number of aromatic carboxylic acids is 1. The Labute approximate surface area is 115 Å². The third-order valence-electron chi connectivity index (χ3n) is 2.17. The second-order valence-corrected chi connectivity index (χ2v) is 5.68. The smallest absolute Gasteiger partial charge is 0.356 e. The second-order valence-electron chi connectivity index (χ2n) is 3.56. The van der Waals surface area contributed by atoms with Gasteiger partial charge in [-0.15, -0.1) is 0 Å². The highest BCUT2D eigenvalue weighted by atomic mass is 32.2. The molecular formula is C11H9FN2O3S2. The van der Waals surface area contributed by atoms with Crippen molar-refractivity contribution in [2.24, 2.45) is 0 Å². The van der Waals surface area contributed by atoms with E-state index in [2.05, 4.69) is 9.71 Å². The van der Waals surface area contributed by atoms with Gasteiger partial charge >= 0.3 is 5.97 Å². The lowest BCUT2D eigenvalue weighted by molar-refractivity contribution is 0.0692. The Morgan fingerprint density at radius 1 is 1.47 bits per heavy atom. The molecule has 2 rings (SSSR count). The van der Waals surface area contributed by atoms with Crippen molar-refractivity contribution in [2.45, 2.75) is 0 Å². The lowest BCUT2D eigenvalue weighted by Crippen LogP contribution is -2.09. The van der Waals surface area contributed by atoms with Gasteiger partial charge in [-0.25, -0.2) is 14.2 Å². The average molecular weight is 300 g/mol. The molecule has 1 aromatic heterocycles. The van der Waals surface area contributed by atoms with E-state index in [1.54, 1.807) is 0 Å². The van der Waals surface area contributed by atoms with Crippen molar-refractivity contribution in [3.63, 3.8) is 0 Å². The summed E-state index contributed by atoms with van der Waals surface area (Å²) >= 11 is -0.283. The highest BCUT2D eigenvalue weighted by Crippen LogP contribution is 2.33. The van der Waals surface area contributed by atoms with Gasteiger partial charge in [-0.3, -0.25) is 0 Å². The highest BCUT2D eigenvalue weighted by molar-refractivity contribution is 7.92. The fourth-order valence-electron chi connectivity index (χ4n) is 1.43. The fourth-order valence-corrected chi connectivity index (χ4v) is 3.05. The lowest BCUT2D eigenvalue weighted by Gasteiger charge is -2.01. The fraction of sp³-hybridized carbons (Fsp3) is 0.0909. The van der Waals surface area contributed by atoms with Crippen molar-refractivity contribution in [3.05, 3.63) is 35.8 Å². The molecule has 1 aromatic carbocycles. The van der Waals surface area contributed by atoms with Crippen LogP contribution in [0.3, 0.4) is 0 Å². The van der Waals surface area contributed by atoms with E-state index < -0.39 is 23.1 Å². The van der Waals surface area contributed by atoms with Crippen molar-refractivity contribution in [1.82, 2.24) is 4.98 Å². The topological polar surface area (TPSA) is 85.3 Å². The quantitative estimate of drug-likeness (QED) is 0.847. The minimum atomic E-state index is -1.34. The van der Waals surface area contributed by atoms with Crippen LogP contribution in [0, 0.1) is 5.82 Å². The molecule has 0 saturated carbocycles. The first-order valence-electron chi connectivity index (χ1n) is 5.07. The van der Waals surface area contributed by atoms with Gasteiger partial charge in [-0.2, -0.15) is 4.72 Å². The van der Waals surface area contributed by atoms with Crippen LogP contribution >= 0.6 is 11.3 Å². The molecule has 19 heavy (non-hydrogen) atoms. The van der Waals surface area contributed by atoms with Gasteiger partial charge in [-0.1, -0.05) is 23.5 Å². The predicted molar refractivity (Wildman–Crippen MR) is 72.2 cm³/mol. The summed E-state index contributed by atoms with van der Waals surface area (Å²) in [5.41, 5.74) is 0.399. The molecule has 100 valence electrons. The third-order valence-corrected chi connectivity index (χ3v) is 3.80. The normalized spacial score (nSPS) is 12.2. The number of nitrogens with one attached hydrogen (secondary N) is 1. The van der Waals surface area contributed by atoms with Crippen LogP contribution in [0.5, 0.6) is 0 Å². The maximum absolute atomic E-state index is 12.9. The van der Waals surface area contributed by atoms with Gasteiger partial charge in [0.1, 0.15) is 12.1 Å². The summed E-state index contributed by atoms with van der Waals surface area (Å²) in [6.07, 6.45) is 1.42. The summed E-state index contributed by atoms with van der Waals surface area (Å²) in [5.74, 6) is -1.59. The van der Waals surface area contributed by atoms with Crippen LogP contribution in [-0.2, 0) is 11.4 Å². The molecule has 5 nitrogen and oxygen atoms in total. The van der Waals surface area contributed by atoms with E-state index in [0.29, 0.717) is 10.4 Å². The van der Waals surface area contributed by atoms with Crippen molar-refractivity contribution >= 4 is 33.8 Å². The largest absolute Gasteiger partial charge is 0.593 e. The zero-order valence-corrected chi connectivity index (χ0v) is 11.3. The Morgan fingerprint density at radius 2 is 2.11 bits per heavy atom. The maximum atomic E-state index is 12.9. The van der Waals surface area contributed by atoms with Gasteiger partial charge in [0, 0.05) is 0 Å². The summed E-state index contributed by atoms with van der Waals surface area (Å²) < 4.78 is 26.5. The summed E-state index contributed by atoms with van der Waals surface area (Å²) in [7, 11) is 0. The van der Waals surface area contributed by atoms with Crippen LogP contribution in [-0.4, -0.2) is 26.9 Å². The molecule has 8 heteroatoms. The number of nitrogens with zero attached hydrogens (tertiary/aromatic N) is 1. The van der Waals surface area contributed by atoms with Crippen LogP contribution in [0.15, 0.2) is 24.3 Å². The Morgan fingerprint density at radius 3 is 2.63 bits per heavy atom. The highest BCUT2D eigenvalue weighted by Gasteiger charge is 2.20. The Kier molecular flexibility index (Phi) is 4.03. The summed E-state index contributed by atoms with van der Waals surface area (Å²) in [4.78, 5) is 15.4. The van der Waals surface area contributed by atoms with Crippen molar-refractivity contribution < 1.29 is 18.8 Å². The van der Waals surface area contributed by atoms with Gasteiger partial charge in [0.05, 0.1) is 16.2 Å². The van der Waals surface area contributed by atoms with Gasteiger partial charge in [0.2, 0.25) is 5.13 Å². The van der Waals surface area contributed by atoms with Crippen LogP contribution in [0.4, 0.5) is 9.52 Å². The first-order chi connectivity index (χ1) is 8.97. The molecule has 0 radical (unpaired) electrons. The zero-order chi connectivity index (χ0) is 14.0. The monoisotopic (exact) mass is 300 g/mol. The van der Waals surface area contributed by atoms with E-state index in [9.17, 15) is 13.7 Å². The number of anilines is 1. The van der Waals surface area contributed by atoms with Crippen molar-refractivity contribution in [1.29, 1.82) is 0 Å². The molecule has 2 N–H and O–H groups in total. The molecule has 1 unspecified atom stereocenters. The van der Waals surface area contributed by atoms with E-state index in [4.69, 9.17) is 5.11 Å². The molecule has 0 aliphatic heterocycles. The molecule has 0 aliphatic carbocycles. The number of rotatable bonds is 4. The minimum absolute atomic E-state index is 0.149. The number of aromatic nitrogens is 1. The number of benzene rings is 1. The number of carbonyl (C=O) groups is 1. The van der Waals surface area contributed by atoms with E-state index in [1.165, 1.54) is 30.5 Å². The van der Waals surface area contributed by atoms with Crippen LogP contribution < -0.4 is 4.72 Å². The average Bonchev–Trinajstić information content (AvgIpc) is 2.73. The van der Waals surface area contributed by atoms with Crippen molar-refractivity contribution in [2.75, 3.05) is 11.0 Å². The molecule has 0 bridgehead atoms. The van der Waals surface area contributed by atoms with E-state index >= 15 is 0 Å². The molecule has 2 aromatic rings. The molecular weight excluding hydrogens is 291 g/mol. The van der Waals surface area contributed by atoms with E-state index in [1.807, 2.05) is 0 Å². The summed E-state index contributed by atoms with van der Waals surface area (Å²) in [6.45, 7) is 0. The Bertz CT molecular complexity index is 598. The number of halogens is 1. The molecule has 0 aliphatic rings. The molecule has 0 spiro atoms. The van der Waals surface area contributed by atoms with E-state index in [0.717, 1.165) is 11.3 Å². The summed E-state index contributed by atoms with van der Waals surface area (Å²) in [6, 6.07) is 5.43. The number of carboxylic acids is 1. The molecule has 0 fully saturated rings. The molecule has 0 saturated heterocycles. The van der Waals surface area contributed by atoms with Crippen LogP contribution in [0.2, 0.25) is 0 Å². The Hall–Kier alpha value is -1.64. The molecule has 1 atom stereocenters. The number of thiazole rings is 1. The first-order valence-corrected chi connectivity index (χ1v) is 7.45. The van der Waals surface area contributed by atoms with E-state index in [-0.39, 0.29) is 10.8 Å². The Balaban J connectivity index is 2.45. The third kappa shape index (κ3) is 3.22. The number of hydrogen-bond donors (Lipinski definition) is 2. The maximum Gasteiger partial charge on any atom is 0.356 e. The van der Waals surface area contributed by atoms with Crippen LogP contribution in [0.1, 0.15) is 10.5 Å². The second kappa shape index (κ2) is 5.55. The van der Waals surface area contributed by atoms with Crippen LogP contribution in [0.25, 0.3) is 10.4 Å². The summed E-state index contributed by atoms with van der Waals surface area (Å²) in [5, 5.41) is 9.34. The molecule has 0 amide bonds. The minimum Gasteiger partial charge on any atom is -0.593 e. The lowest BCUT2D eigenvalue weighted by atomic mass is 10.1. The standard InChI is InChI=1S/C11H9FN2O3S2/c1-19(17)14-11-13-8(10(15)16)9(18-11)6-2-4-7(12)5-3-6/h2-5H,1H3,(H,13,14)(H,15,16). The van der Waals surface area contributed by atoms with Gasteiger partial charge in [0.15, 0.2) is 5.69 Å². The zero-order valence-electron chi connectivity index (χ0n) is 9.71. The number of hydrogen-bond acceptors (Lipinski definition) is 5. The van der Waals surface area contributed by atoms with Gasteiger partial charge < -0.3 is 9.66 Å². The SMILES string of the molecule is C[S+]([O-])Nc1nc(C(=O)O)c(-c2ccc(F)cc2)s1. The predicted octanol–water partition coefficient (Wildman–Crippen LogP) is 2.35. The molecule has 1 heterocycles. The van der Waals surface area contributed by atoms with Crippen molar-refractivity contribution in [3.8, 4) is 10.4 Å².